The first-order chi connectivity index (χ1) is 17.0. The molecule has 2 aromatic rings. The van der Waals surface area contributed by atoms with Gasteiger partial charge in [-0.25, -0.2) is 13.3 Å². The summed E-state index contributed by atoms with van der Waals surface area (Å²) >= 11 is 0. The van der Waals surface area contributed by atoms with Crippen LogP contribution in [-0.2, 0) is 32.3 Å². The lowest BCUT2D eigenvalue weighted by Crippen LogP contribution is -2.46. The number of primary amides is 1. The number of pyridine rings is 1. The predicted octanol–water partition coefficient (Wildman–Crippen LogP) is 3.07. The number of phosphoric ester groups is 1. The van der Waals surface area contributed by atoms with Gasteiger partial charge in [-0.1, -0.05) is 0 Å². The Kier molecular flexibility index (Phi) is 6.71. The van der Waals surface area contributed by atoms with Gasteiger partial charge in [0, 0.05) is 18.6 Å². The number of rotatable bonds is 6. The van der Waals surface area contributed by atoms with Crippen molar-refractivity contribution in [2.45, 2.75) is 56.7 Å². The summed E-state index contributed by atoms with van der Waals surface area (Å²) in [6.07, 6.45) is -0.000901. The van der Waals surface area contributed by atoms with Crippen LogP contribution in [0.1, 0.15) is 48.5 Å². The molecule has 10 nitrogen and oxygen atoms in total. The number of nitrogens with zero attached hydrogens (tertiary/aromatic N) is 1. The molecule has 36 heavy (non-hydrogen) atoms. The molecule has 2 N–H and O–H groups in total. The van der Waals surface area contributed by atoms with Gasteiger partial charge in [-0.2, -0.15) is 4.57 Å². The number of aromatic nitrogens is 1. The summed E-state index contributed by atoms with van der Waals surface area (Å²) < 4.78 is 76.7. The number of hydrogen-bond donors (Lipinski definition) is 1. The Hall–Kier alpha value is -2.31. The van der Waals surface area contributed by atoms with Crippen LogP contribution < -0.4 is 10.3 Å². The van der Waals surface area contributed by atoms with Gasteiger partial charge in [0.05, 0.1) is 19.3 Å². The third kappa shape index (κ3) is 5.21. The van der Waals surface area contributed by atoms with E-state index in [-0.39, 0.29) is 30.8 Å². The quantitative estimate of drug-likeness (QED) is 0.450. The lowest BCUT2D eigenvalue weighted by atomic mass is 10.1. The van der Waals surface area contributed by atoms with E-state index in [0.717, 1.165) is 18.2 Å². The van der Waals surface area contributed by atoms with Crippen molar-refractivity contribution in [1.29, 1.82) is 0 Å². The van der Waals surface area contributed by atoms with E-state index in [0.29, 0.717) is 0 Å². The Morgan fingerprint density at radius 3 is 2.67 bits per heavy atom. The average molecular weight is 527 g/mol. The van der Waals surface area contributed by atoms with Crippen molar-refractivity contribution in [2.24, 2.45) is 5.73 Å². The van der Waals surface area contributed by atoms with Gasteiger partial charge < -0.3 is 19.9 Å². The summed E-state index contributed by atoms with van der Waals surface area (Å²) in [4.78, 5) is 11.6. The number of phosphoric acid groups is 1. The second-order valence-electron chi connectivity index (χ2n) is 9.20. The molecule has 3 fully saturated rings. The molecule has 3 saturated heterocycles. The first kappa shape index (κ1) is 25.3. The van der Waals surface area contributed by atoms with Crippen LogP contribution in [0.3, 0.4) is 0 Å². The monoisotopic (exact) mass is 527 g/mol. The van der Waals surface area contributed by atoms with Crippen LogP contribution in [0, 0.1) is 11.6 Å². The molecule has 0 aliphatic carbocycles. The molecule has 4 heterocycles. The Morgan fingerprint density at radius 2 is 1.94 bits per heavy atom. The molecule has 194 valence electrons. The van der Waals surface area contributed by atoms with E-state index in [1.807, 2.05) is 0 Å². The third-order valence-electron chi connectivity index (χ3n) is 6.07. The summed E-state index contributed by atoms with van der Waals surface area (Å²) in [5.74, 6) is -3.07. The lowest BCUT2D eigenvalue weighted by molar-refractivity contribution is -0.766. The van der Waals surface area contributed by atoms with E-state index < -0.39 is 61.8 Å². The van der Waals surface area contributed by atoms with Gasteiger partial charge in [0.25, 0.3) is 12.1 Å². The average Bonchev–Trinajstić information content (AvgIpc) is 3.30. The molecule has 0 radical (unpaired) electrons. The summed E-state index contributed by atoms with van der Waals surface area (Å²) in [6, 6.07) is 6.20. The zero-order valence-electron chi connectivity index (χ0n) is 19.5. The Labute approximate surface area is 205 Å². The van der Waals surface area contributed by atoms with Crippen molar-refractivity contribution in [2.75, 3.05) is 13.2 Å². The number of nitrogens with two attached hydrogens (primary N) is 1. The third-order valence-corrected chi connectivity index (χ3v) is 7.54. The van der Waals surface area contributed by atoms with Gasteiger partial charge in [-0.05, 0) is 37.6 Å². The van der Waals surface area contributed by atoms with E-state index >= 15 is 0 Å². The molecular formula is C23H26F2N2O8P+. The van der Waals surface area contributed by atoms with E-state index in [1.165, 1.54) is 0 Å². The first-order valence-corrected chi connectivity index (χ1v) is 12.8. The Bertz CT molecular complexity index is 1190. The van der Waals surface area contributed by atoms with Crippen LogP contribution in [0.2, 0.25) is 0 Å². The minimum atomic E-state index is -4.09. The molecule has 6 atom stereocenters. The summed E-state index contributed by atoms with van der Waals surface area (Å²) in [5, 5.41) is 0. The van der Waals surface area contributed by atoms with Crippen molar-refractivity contribution < 1.29 is 50.5 Å². The second-order valence-corrected chi connectivity index (χ2v) is 10.8. The zero-order chi connectivity index (χ0) is 25.7. The van der Waals surface area contributed by atoms with Crippen molar-refractivity contribution in [3.05, 3.63) is 65.5 Å². The fourth-order valence-corrected chi connectivity index (χ4v) is 5.96. The summed E-state index contributed by atoms with van der Waals surface area (Å²) in [5.41, 5.74) is 5.88. The number of carbonyl (C=O) groups excluding carboxylic acids is 1. The maximum atomic E-state index is 13.7. The number of amides is 1. The standard InChI is InChI=1S/C23H25F2N2O8P/c1-23(2)33-19-18(32-22(20(19)34-23)27-6-3-4-13(11-27)21(26)28)12-31-36(29)30-7-5-17(35-36)14-8-15(24)10-16(25)9-14/h3-4,6,8-11,17-20,22H,5,7,12H2,1-2H3,(H-,26,28)/p+1/t17?,18?,19-,20-,22-,36?/m1/s1. The van der Waals surface area contributed by atoms with Crippen molar-refractivity contribution in [1.82, 2.24) is 0 Å². The fraction of sp³-hybridized carbons (Fsp3) is 0.478. The molecule has 3 aliphatic heterocycles. The van der Waals surface area contributed by atoms with Gasteiger partial charge in [-0.3, -0.25) is 18.4 Å². The molecule has 1 aromatic carbocycles. The van der Waals surface area contributed by atoms with E-state index in [9.17, 15) is 18.1 Å². The molecule has 3 unspecified atom stereocenters. The summed E-state index contributed by atoms with van der Waals surface area (Å²) in [7, 11) is -4.09. The molecule has 0 saturated carbocycles. The highest BCUT2D eigenvalue weighted by atomic mass is 31.2. The van der Waals surface area contributed by atoms with Crippen LogP contribution in [0.4, 0.5) is 8.78 Å². The molecule has 1 aromatic heterocycles. The number of fused-ring (bicyclic) bond motifs is 1. The molecule has 0 spiro atoms. The lowest BCUT2D eigenvalue weighted by Gasteiger charge is -2.30. The molecule has 1 amide bonds. The summed E-state index contributed by atoms with van der Waals surface area (Å²) in [6.45, 7) is 3.27. The van der Waals surface area contributed by atoms with Gasteiger partial charge in [-0.15, -0.1) is 0 Å². The molecule has 3 aliphatic rings. The van der Waals surface area contributed by atoms with Crippen molar-refractivity contribution >= 4 is 13.7 Å². The molecule has 13 heteroatoms. The topological polar surface area (TPSA) is 119 Å². The van der Waals surface area contributed by atoms with E-state index in [2.05, 4.69) is 0 Å². The number of halogens is 2. The Balaban J connectivity index is 1.31. The smallest absolute Gasteiger partial charge is 0.365 e. The highest BCUT2D eigenvalue weighted by Gasteiger charge is 2.59. The van der Waals surface area contributed by atoms with E-state index in [4.69, 9.17) is 33.5 Å². The first-order valence-electron chi connectivity index (χ1n) is 11.4. The van der Waals surface area contributed by atoms with Crippen molar-refractivity contribution in [3.63, 3.8) is 0 Å². The number of hydrogen-bond acceptors (Lipinski definition) is 8. The predicted molar refractivity (Wildman–Crippen MR) is 117 cm³/mol. The maximum Gasteiger partial charge on any atom is 0.475 e. The minimum absolute atomic E-state index is 0.00266. The van der Waals surface area contributed by atoms with Crippen LogP contribution in [-0.4, -0.2) is 43.2 Å². The van der Waals surface area contributed by atoms with E-state index in [1.54, 1.807) is 42.9 Å². The zero-order valence-corrected chi connectivity index (χ0v) is 20.4. The van der Waals surface area contributed by atoms with Crippen LogP contribution in [0.5, 0.6) is 0 Å². The van der Waals surface area contributed by atoms with Gasteiger partial charge in [0.15, 0.2) is 24.3 Å². The fourth-order valence-electron chi connectivity index (χ4n) is 4.56. The van der Waals surface area contributed by atoms with Gasteiger partial charge >= 0.3 is 7.82 Å². The van der Waals surface area contributed by atoms with Crippen LogP contribution in [0.25, 0.3) is 0 Å². The second kappa shape index (κ2) is 9.53. The molecule has 0 bridgehead atoms. The van der Waals surface area contributed by atoms with Gasteiger partial charge in [0.2, 0.25) is 0 Å². The van der Waals surface area contributed by atoms with Crippen LogP contribution >= 0.6 is 7.82 Å². The maximum absolute atomic E-state index is 13.7. The SMILES string of the molecule is CC1(C)O[C@@H]2[C@H](O1)C(COP1(=O)OCCC(c3cc(F)cc(F)c3)O1)O[C@H]2[n+]1cccc(C(N)=O)c1. The normalized spacial score (nSPS) is 33.4. The number of ether oxygens (including phenoxy) is 3. The number of carbonyl (C=O) groups is 1. The highest BCUT2D eigenvalue weighted by molar-refractivity contribution is 7.48. The van der Waals surface area contributed by atoms with Crippen LogP contribution in [0.15, 0.2) is 42.7 Å². The highest BCUT2D eigenvalue weighted by Crippen LogP contribution is 2.57. The largest absolute Gasteiger partial charge is 0.475 e. The number of benzene rings is 1. The molecule has 5 rings (SSSR count). The van der Waals surface area contributed by atoms with Gasteiger partial charge in [0.1, 0.15) is 29.4 Å². The van der Waals surface area contributed by atoms with Crippen molar-refractivity contribution in [3.8, 4) is 0 Å². The Morgan fingerprint density at radius 1 is 1.22 bits per heavy atom. The molecular weight excluding hydrogens is 501 g/mol. The minimum Gasteiger partial charge on any atom is -0.365 e.